The van der Waals surface area contributed by atoms with Gasteiger partial charge in [0.25, 0.3) is 0 Å². The number of phenolic OH excluding ortho intramolecular Hbond substituents is 1. The molecule has 0 aromatic heterocycles. The highest BCUT2D eigenvalue weighted by Gasteiger charge is 2.43. The number of urea groups is 1. The highest BCUT2D eigenvalue weighted by Crippen LogP contribution is 2.43. The van der Waals surface area contributed by atoms with Crippen LogP contribution >= 0.6 is 23.2 Å². The first kappa shape index (κ1) is 16.2. The molecule has 0 saturated carbocycles. The van der Waals surface area contributed by atoms with Crippen molar-refractivity contribution in [3.05, 3.63) is 27.7 Å². The first-order chi connectivity index (χ1) is 10.9. The number of phenols is 1. The molecule has 0 aliphatic carbocycles. The Morgan fingerprint density at radius 2 is 2.09 bits per heavy atom. The maximum absolute atomic E-state index is 12.3. The number of benzene rings is 1. The van der Waals surface area contributed by atoms with E-state index in [2.05, 4.69) is 5.32 Å². The average molecular weight is 358 g/mol. The Bertz CT molecular complexity index is 668. The molecule has 6 nitrogen and oxygen atoms in total. The van der Waals surface area contributed by atoms with Gasteiger partial charge >= 0.3 is 6.03 Å². The second kappa shape index (κ2) is 6.09. The zero-order chi connectivity index (χ0) is 16.7. The molecular formula is C15H17Cl2N3O3. The van der Waals surface area contributed by atoms with Gasteiger partial charge in [0.05, 0.1) is 16.1 Å². The van der Waals surface area contributed by atoms with Crippen molar-refractivity contribution >= 4 is 35.1 Å². The average Bonchev–Trinajstić information content (AvgIpc) is 2.94. The third kappa shape index (κ3) is 2.81. The summed E-state index contributed by atoms with van der Waals surface area (Å²) in [4.78, 5) is 27.3. The molecule has 2 atom stereocenters. The minimum atomic E-state index is -0.259. The number of hydrogen-bond donors (Lipinski definition) is 2. The molecule has 3 rings (SSSR count). The minimum Gasteiger partial charge on any atom is -0.508 e. The summed E-state index contributed by atoms with van der Waals surface area (Å²) in [5, 5.41) is 13.4. The van der Waals surface area contributed by atoms with Gasteiger partial charge in [0.2, 0.25) is 5.91 Å². The van der Waals surface area contributed by atoms with Gasteiger partial charge in [0.1, 0.15) is 12.3 Å². The van der Waals surface area contributed by atoms with Gasteiger partial charge in [-0.05, 0) is 18.6 Å². The smallest absolute Gasteiger partial charge is 0.317 e. The molecule has 2 aliphatic heterocycles. The highest BCUT2D eigenvalue weighted by atomic mass is 35.5. The van der Waals surface area contributed by atoms with E-state index in [1.165, 1.54) is 11.0 Å². The van der Waals surface area contributed by atoms with Gasteiger partial charge in [-0.25, -0.2) is 4.79 Å². The van der Waals surface area contributed by atoms with E-state index in [4.69, 9.17) is 23.2 Å². The minimum absolute atomic E-state index is 0.0676. The molecule has 2 N–H and O–H groups in total. The number of amides is 3. The van der Waals surface area contributed by atoms with Crippen LogP contribution in [-0.2, 0) is 4.79 Å². The molecule has 3 amide bonds. The molecule has 2 saturated heterocycles. The van der Waals surface area contributed by atoms with Crippen molar-refractivity contribution < 1.29 is 14.7 Å². The van der Waals surface area contributed by atoms with Crippen molar-refractivity contribution in [3.63, 3.8) is 0 Å². The van der Waals surface area contributed by atoms with Crippen LogP contribution in [0.3, 0.4) is 0 Å². The first-order valence-electron chi connectivity index (χ1n) is 7.35. The zero-order valence-electron chi connectivity index (χ0n) is 12.6. The van der Waals surface area contributed by atoms with Crippen molar-refractivity contribution in [2.75, 3.05) is 26.7 Å². The lowest BCUT2D eigenvalue weighted by Crippen LogP contribution is -2.56. The lowest BCUT2D eigenvalue weighted by Gasteiger charge is -2.36. The highest BCUT2D eigenvalue weighted by molar-refractivity contribution is 6.42. The Kier molecular flexibility index (Phi) is 4.29. The van der Waals surface area contributed by atoms with Gasteiger partial charge < -0.3 is 20.2 Å². The lowest BCUT2D eigenvalue weighted by molar-refractivity contribution is -0.136. The second-order valence-electron chi connectivity index (χ2n) is 5.86. The lowest BCUT2D eigenvalue weighted by atomic mass is 9.95. The number of nitrogens with one attached hydrogen (secondary N) is 1. The number of fused-ring (bicyclic) bond motifs is 1. The molecule has 23 heavy (non-hydrogen) atoms. The standard InChI is InChI=1S/C15H17Cl2N3O3/c1-18-15(23)19-6-9-4-8(5-20(9)12(22)7-19)13-11(21)3-2-10(16)14(13)17/h2-3,8-9,21H,4-7H2,1H3,(H,18,23)/t8-,9-/m0/s1. The number of nitrogens with zero attached hydrogens (tertiary/aromatic N) is 2. The molecule has 0 bridgehead atoms. The summed E-state index contributed by atoms with van der Waals surface area (Å²) < 4.78 is 0. The van der Waals surface area contributed by atoms with Crippen molar-refractivity contribution in [2.45, 2.75) is 18.4 Å². The third-order valence-corrected chi connectivity index (χ3v) is 5.33. The Labute approximate surface area is 143 Å². The summed E-state index contributed by atoms with van der Waals surface area (Å²) in [5.74, 6) is -0.107. The molecule has 0 spiro atoms. The largest absolute Gasteiger partial charge is 0.508 e. The summed E-state index contributed by atoms with van der Waals surface area (Å²) in [7, 11) is 1.54. The molecular weight excluding hydrogens is 341 g/mol. The van der Waals surface area contributed by atoms with E-state index in [0.29, 0.717) is 35.1 Å². The summed E-state index contributed by atoms with van der Waals surface area (Å²) in [6, 6.07) is 2.72. The predicted molar refractivity (Wildman–Crippen MR) is 87.0 cm³/mol. The van der Waals surface area contributed by atoms with Crippen LogP contribution in [0.25, 0.3) is 0 Å². The van der Waals surface area contributed by atoms with Gasteiger partial charge in [-0.15, -0.1) is 0 Å². The predicted octanol–water partition coefficient (Wildman–Crippen LogP) is 2.04. The molecule has 8 heteroatoms. The maximum Gasteiger partial charge on any atom is 0.317 e. The maximum atomic E-state index is 12.3. The van der Waals surface area contributed by atoms with E-state index >= 15 is 0 Å². The van der Waals surface area contributed by atoms with E-state index in [-0.39, 0.29) is 36.2 Å². The molecule has 2 fully saturated rings. The molecule has 124 valence electrons. The Balaban J connectivity index is 1.85. The molecule has 1 aromatic carbocycles. The van der Waals surface area contributed by atoms with Crippen LogP contribution in [0.4, 0.5) is 4.79 Å². The summed E-state index contributed by atoms with van der Waals surface area (Å²) in [5.41, 5.74) is 0.577. The number of carbonyl (C=O) groups excluding carboxylic acids is 2. The Hall–Kier alpha value is -1.66. The van der Waals surface area contributed by atoms with E-state index in [0.717, 1.165) is 0 Å². The normalized spacial score (nSPS) is 23.9. The molecule has 1 aromatic rings. The van der Waals surface area contributed by atoms with Crippen molar-refractivity contribution in [2.24, 2.45) is 0 Å². The quantitative estimate of drug-likeness (QED) is 0.807. The molecule has 2 aliphatic rings. The van der Waals surface area contributed by atoms with Crippen molar-refractivity contribution in [1.29, 1.82) is 0 Å². The fourth-order valence-corrected chi connectivity index (χ4v) is 3.91. The van der Waals surface area contributed by atoms with Crippen LogP contribution in [0.5, 0.6) is 5.75 Å². The summed E-state index contributed by atoms with van der Waals surface area (Å²) in [6.07, 6.45) is 0.632. The molecule has 0 radical (unpaired) electrons. The van der Waals surface area contributed by atoms with E-state index < -0.39 is 0 Å². The van der Waals surface area contributed by atoms with E-state index in [1.807, 2.05) is 0 Å². The topological polar surface area (TPSA) is 72.9 Å². The fraction of sp³-hybridized carbons (Fsp3) is 0.467. The van der Waals surface area contributed by atoms with E-state index in [1.54, 1.807) is 18.0 Å². The number of carbonyl (C=O) groups is 2. The summed E-state index contributed by atoms with van der Waals surface area (Å²) >= 11 is 12.3. The van der Waals surface area contributed by atoms with Gasteiger partial charge in [-0.3, -0.25) is 4.79 Å². The van der Waals surface area contributed by atoms with Crippen LogP contribution in [0, 0.1) is 0 Å². The third-order valence-electron chi connectivity index (χ3n) is 4.51. The van der Waals surface area contributed by atoms with E-state index in [9.17, 15) is 14.7 Å². The first-order valence-corrected chi connectivity index (χ1v) is 8.11. The van der Waals surface area contributed by atoms with Crippen LogP contribution in [0.2, 0.25) is 10.0 Å². The number of halogens is 2. The van der Waals surface area contributed by atoms with Gasteiger partial charge in [0, 0.05) is 31.6 Å². The number of hydrogen-bond acceptors (Lipinski definition) is 3. The van der Waals surface area contributed by atoms with Crippen molar-refractivity contribution in [1.82, 2.24) is 15.1 Å². The Morgan fingerprint density at radius 1 is 1.35 bits per heavy atom. The van der Waals surface area contributed by atoms with Gasteiger partial charge in [0.15, 0.2) is 0 Å². The monoisotopic (exact) mass is 357 g/mol. The SMILES string of the molecule is CNC(=O)N1CC(=O)N2C[C@@H](c3c(O)ccc(Cl)c3Cl)C[C@H]2C1. The molecule has 0 unspecified atom stereocenters. The fourth-order valence-electron chi connectivity index (χ4n) is 3.43. The van der Waals surface area contributed by atoms with Crippen LogP contribution < -0.4 is 5.32 Å². The number of rotatable bonds is 1. The van der Waals surface area contributed by atoms with Gasteiger partial charge in [-0.1, -0.05) is 23.2 Å². The Morgan fingerprint density at radius 3 is 2.78 bits per heavy atom. The van der Waals surface area contributed by atoms with Crippen LogP contribution in [0.15, 0.2) is 12.1 Å². The van der Waals surface area contributed by atoms with Gasteiger partial charge in [-0.2, -0.15) is 0 Å². The van der Waals surface area contributed by atoms with Crippen LogP contribution in [0.1, 0.15) is 17.9 Å². The van der Waals surface area contributed by atoms with Crippen LogP contribution in [-0.4, -0.2) is 59.6 Å². The number of piperazine rings is 1. The van der Waals surface area contributed by atoms with Crippen molar-refractivity contribution in [3.8, 4) is 5.75 Å². The second-order valence-corrected chi connectivity index (χ2v) is 6.65. The summed E-state index contributed by atoms with van der Waals surface area (Å²) in [6.45, 7) is 1.01. The number of aromatic hydroxyl groups is 1. The molecule has 2 heterocycles. The zero-order valence-corrected chi connectivity index (χ0v) is 14.1.